The van der Waals surface area contributed by atoms with Crippen molar-refractivity contribution in [2.24, 2.45) is 5.92 Å². The van der Waals surface area contributed by atoms with Gasteiger partial charge in [0.05, 0.1) is 20.3 Å². The van der Waals surface area contributed by atoms with Crippen LogP contribution >= 0.6 is 0 Å². The molecule has 4 nitrogen and oxygen atoms in total. The number of hydrogen-bond acceptors (Lipinski definition) is 4. The molecule has 1 aliphatic heterocycles. The topological polar surface area (TPSA) is 47.9 Å². The van der Waals surface area contributed by atoms with Crippen molar-refractivity contribution in [2.45, 2.75) is 25.6 Å². The fourth-order valence-electron chi connectivity index (χ4n) is 2.35. The third-order valence-electron chi connectivity index (χ3n) is 3.50. The second-order valence-electron chi connectivity index (χ2n) is 4.66. The number of aliphatic hydroxyl groups excluding tert-OH is 1. The van der Waals surface area contributed by atoms with Crippen molar-refractivity contribution in [1.82, 2.24) is 0 Å². The van der Waals surface area contributed by atoms with Gasteiger partial charge in [0.15, 0.2) is 11.5 Å². The third-order valence-corrected chi connectivity index (χ3v) is 3.50. The molecule has 0 aliphatic carbocycles. The Balaban J connectivity index is 2.22. The van der Waals surface area contributed by atoms with E-state index in [1.54, 1.807) is 26.4 Å². The lowest BCUT2D eigenvalue weighted by atomic mass is 9.94. The average Bonchev–Trinajstić information content (AvgIpc) is 2.83. The minimum Gasteiger partial charge on any atom is -0.493 e. The molecule has 1 saturated heterocycles. The lowest BCUT2D eigenvalue weighted by Crippen LogP contribution is -2.23. The summed E-state index contributed by atoms with van der Waals surface area (Å²) in [4.78, 5) is 0. The van der Waals surface area contributed by atoms with Gasteiger partial charge in [-0.1, -0.05) is 13.0 Å². The Morgan fingerprint density at radius 3 is 2.56 bits per heavy atom. The summed E-state index contributed by atoms with van der Waals surface area (Å²) >= 11 is 0. The molecule has 0 radical (unpaired) electrons. The molecule has 100 valence electrons. The van der Waals surface area contributed by atoms with Crippen LogP contribution in [0.3, 0.4) is 0 Å². The van der Waals surface area contributed by atoms with E-state index in [9.17, 15) is 5.11 Å². The summed E-state index contributed by atoms with van der Waals surface area (Å²) in [5, 5.41) is 10.4. The first kappa shape index (κ1) is 13.2. The molecular weight excluding hydrogens is 232 g/mol. The van der Waals surface area contributed by atoms with Gasteiger partial charge >= 0.3 is 0 Å². The minimum absolute atomic E-state index is 0.136. The molecular formula is C14H20O4. The van der Waals surface area contributed by atoms with E-state index in [4.69, 9.17) is 14.2 Å². The summed E-state index contributed by atoms with van der Waals surface area (Å²) < 4.78 is 16.0. The molecule has 2 rings (SSSR count). The molecule has 0 saturated carbocycles. The number of methoxy groups -OCH3 is 2. The molecule has 1 aromatic rings. The highest BCUT2D eigenvalue weighted by Crippen LogP contribution is 2.35. The molecule has 4 heteroatoms. The highest BCUT2D eigenvalue weighted by Gasteiger charge is 2.32. The Hall–Kier alpha value is -1.26. The van der Waals surface area contributed by atoms with E-state index in [-0.39, 0.29) is 6.10 Å². The van der Waals surface area contributed by atoms with Crippen molar-refractivity contribution < 1.29 is 19.3 Å². The fourth-order valence-corrected chi connectivity index (χ4v) is 2.35. The molecule has 1 aliphatic rings. The minimum atomic E-state index is -0.623. The highest BCUT2D eigenvalue weighted by atomic mass is 16.5. The van der Waals surface area contributed by atoms with E-state index < -0.39 is 6.10 Å². The zero-order chi connectivity index (χ0) is 13.1. The average molecular weight is 252 g/mol. The van der Waals surface area contributed by atoms with E-state index in [1.807, 2.05) is 6.07 Å². The van der Waals surface area contributed by atoms with Gasteiger partial charge < -0.3 is 19.3 Å². The van der Waals surface area contributed by atoms with Crippen molar-refractivity contribution in [2.75, 3.05) is 20.8 Å². The van der Waals surface area contributed by atoms with Gasteiger partial charge in [0.25, 0.3) is 0 Å². The Kier molecular flexibility index (Phi) is 4.09. The van der Waals surface area contributed by atoms with E-state index >= 15 is 0 Å². The zero-order valence-electron chi connectivity index (χ0n) is 11.1. The molecule has 0 bridgehead atoms. The van der Waals surface area contributed by atoms with Gasteiger partial charge in [-0.3, -0.25) is 0 Å². The highest BCUT2D eigenvalue weighted by molar-refractivity contribution is 5.43. The molecule has 0 amide bonds. The van der Waals surface area contributed by atoms with Crippen LogP contribution in [0.2, 0.25) is 0 Å². The van der Waals surface area contributed by atoms with Crippen molar-refractivity contribution in [3.8, 4) is 11.5 Å². The lowest BCUT2D eigenvalue weighted by Gasteiger charge is -2.22. The lowest BCUT2D eigenvalue weighted by molar-refractivity contribution is -0.0179. The molecule has 18 heavy (non-hydrogen) atoms. The number of rotatable bonds is 4. The summed E-state index contributed by atoms with van der Waals surface area (Å²) in [5.41, 5.74) is 0.798. The van der Waals surface area contributed by atoms with Gasteiger partial charge in [0.1, 0.15) is 6.10 Å². The van der Waals surface area contributed by atoms with Crippen LogP contribution < -0.4 is 9.47 Å². The monoisotopic (exact) mass is 252 g/mol. The first-order valence-electron chi connectivity index (χ1n) is 6.19. The van der Waals surface area contributed by atoms with Crippen molar-refractivity contribution in [3.05, 3.63) is 23.8 Å². The molecule has 3 unspecified atom stereocenters. The smallest absolute Gasteiger partial charge is 0.161 e. The van der Waals surface area contributed by atoms with E-state index in [0.29, 0.717) is 17.4 Å². The van der Waals surface area contributed by atoms with E-state index in [1.165, 1.54) is 0 Å². The Morgan fingerprint density at radius 2 is 2.00 bits per heavy atom. The summed E-state index contributed by atoms with van der Waals surface area (Å²) in [6, 6.07) is 5.45. The maximum atomic E-state index is 10.4. The van der Waals surface area contributed by atoms with Gasteiger partial charge in [-0.25, -0.2) is 0 Å². The van der Waals surface area contributed by atoms with Gasteiger partial charge in [-0.15, -0.1) is 0 Å². The maximum Gasteiger partial charge on any atom is 0.161 e. The largest absolute Gasteiger partial charge is 0.493 e. The molecule has 1 heterocycles. The molecule has 3 atom stereocenters. The SMILES string of the molecule is COc1ccc(C(O)C2OCCC2C)cc1OC. The fraction of sp³-hybridized carbons (Fsp3) is 0.571. The maximum absolute atomic E-state index is 10.4. The quantitative estimate of drug-likeness (QED) is 0.892. The second kappa shape index (κ2) is 5.59. The normalized spacial score (nSPS) is 24.9. The van der Waals surface area contributed by atoms with Gasteiger partial charge in [-0.05, 0) is 30.0 Å². The van der Waals surface area contributed by atoms with Gasteiger partial charge in [0.2, 0.25) is 0 Å². The van der Waals surface area contributed by atoms with Crippen LogP contribution in [0.15, 0.2) is 18.2 Å². The third kappa shape index (κ3) is 2.44. The van der Waals surface area contributed by atoms with E-state index in [2.05, 4.69) is 6.92 Å². The number of aliphatic hydroxyl groups is 1. The zero-order valence-corrected chi connectivity index (χ0v) is 11.1. The van der Waals surface area contributed by atoms with Crippen LogP contribution in [0.4, 0.5) is 0 Å². The molecule has 1 N–H and O–H groups in total. The summed E-state index contributed by atoms with van der Waals surface area (Å²) in [6.45, 7) is 2.82. The summed E-state index contributed by atoms with van der Waals surface area (Å²) in [6.07, 6.45) is 0.236. The standard InChI is InChI=1S/C14H20O4/c1-9-6-7-18-14(9)13(15)10-4-5-11(16-2)12(8-10)17-3/h4-5,8-9,13-15H,6-7H2,1-3H3. The van der Waals surface area contributed by atoms with Crippen LogP contribution in [0, 0.1) is 5.92 Å². The van der Waals surface area contributed by atoms with Gasteiger partial charge in [0, 0.05) is 6.61 Å². The first-order chi connectivity index (χ1) is 8.67. The van der Waals surface area contributed by atoms with Crippen LogP contribution in [-0.2, 0) is 4.74 Å². The summed E-state index contributed by atoms with van der Waals surface area (Å²) in [5.74, 6) is 1.65. The number of ether oxygens (including phenoxy) is 3. The van der Waals surface area contributed by atoms with Crippen LogP contribution in [0.25, 0.3) is 0 Å². The number of hydrogen-bond donors (Lipinski definition) is 1. The predicted octanol–water partition coefficient (Wildman–Crippen LogP) is 2.16. The Morgan fingerprint density at radius 1 is 1.28 bits per heavy atom. The van der Waals surface area contributed by atoms with Crippen molar-refractivity contribution in [3.63, 3.8) is 0 Å². The Bertz CT molecular complexity index is 405. The molecule has 0 aromatic heterocycles. The van der Waals surface area contributed by atoms with Crippen LogP contribution in [0.5, 0.6) is 11.5 Å². The Labute approximate surface area is 107 Å². The number of benzene rings is 1. The molecule has 0 spiro atoms. The molecule has 1 aromatic carbocycles. The van der Waals surface area contributed by atoms with Crippen molar-refractivity contribution in [1.29, 1.82) is 0 Å². The van der Waals surface area contributed by atoms with Crippen LogP contribution in [0.1, 0.15) is 25.0 Å². The first-order valence-corrected chi connectivity index (χ1v) is 6.19. The molecule has 1 fully saturated rings. The predicted molar refractivity (Wildman–Crippen MR) is 68.0 cm³/mol. The van der Waals surface area contributed by atoms with E-state index in [0.717, 1.165) is 18.6 Å². The van der Waals surface area contributed by atoms with Gasteiger partial charge in [-0.2, -0.15) is 0 Å². The second-order valence-corrected chi connectivity index (χ2v) is 4.66. The van der Waals surface area contributed by atoms with Crippen molar-refractivity contribution >= 4 is 0 Å². The van der Waals surface area contributed by atoms with Crippen LogP contribution in [-0.4, -0.2) is 32.0 Å². The summed E-state index contributed by atoms with van der Waals surface area (Å²) in [7, 11) is 3.18.